The van der Waals surface area contributed by atoms with Gasteiger partial charge in [0.15, 0.2) is 23.5 Å². The van der Waals surface area contributed by atoms with Crippen molar-refractivity contribution >= 4 is 74.1 Å². The number of carbonyl (C=O) groups is 6. The van der Waals surface area contributed by atoms with Crippen molar-refractivity contribution in [2.24, 2.45) is 5.92 Å². The second-order valence-corrected chi connectivity index (χ2v) is 27.0. The minimum absolute atomic E-state index is 0.0140. The largest absolute Gasteiger partial charge is 0.465 e. The number of nitrogens with zero attached hydrogens (tertiary/aromatic N) is 8. The zero-order valence-corrected chi connectivity index (χ0v) is 54.7. The molecule has 2 aliphatic rings. The number of hydrogen-bond donors (Lipinski definition) is 8. The first-order valence-electron chi connectivity index (χ1n) is 28.9. The van der Waals surface area contributed by atoms with Gasteiger partial charge in [-0.2, -0.15) is 20.1 Å². The van der Waals surface area contributed by atoms with E-state index in [0.717, 1.165) is 13.3 Å². The third kappa shape index (κ3) is 15.5. The molecule has 0 radical (unpaired) electrons. The summed E-state index contributed by atoms with van der Waals surface area (Å²) < 4.78 is 91.1. The fraction of sp³-hybridized carbons (Fsp3) is 0.636. The van der Waals surface area contributed by atoms with Gasteiger partial charge in [-0.1, -0.05) is 13.8 Å². The average Bonchev–Trinajstić information content (AvgIpc) is 1.57. The highest BCUT2D eigenvalue weighted by atomic mass is 31.2. The van der Waals surface area contributed by atoms with Crippen molar-refractivity contribution in [3.8, 4) is 12.1 Å². The van der Waals surface area contributed by atoms with Crippen LogP contribution in [0.15, 0.2) is 36.9 Å². The lowest BCUT2D eigenvalue weighted by atomic mass is 9.80. The summed E-state index contributed by atoms with van der Waals surface area (Å²) >= 11 is 0. The minimum Gasteiger partial charge on any atom is -0.465 e. The van der Waals surface area contributed by atoms with Crippen molar-refractivity contribution in [2.45, 2.75) is 186 Å². The smallest absolute Gasteiger partial charge is 0.342 e. The maximum Gasteiger partial charge on any atom is 0.342 e. The highest BCUT2D eigenvalue weighted by molar-refractivity contribution is 7.55. The number of ether oxygens (including phenoxy) is 8. The Morgan fingerprint density at radius 3 is 1.74 bits per heavy atom. The van der Waals surface area contributed by atoms with E-state index >= 15 is 4.57 Å². The van der Waals surface area contributed by atoms with E-state index in [4.69, 9.17) is 58.4 Å². The molecule has 13 unspecified atom stereocenters. The molecule has 2 fully saturated rings. The quantitative estimate of drug-likeness (QED) is 0.00869. The summed E-state index contributed by atoms with van der Waals surface area (Å²) in [5.74, 6) is -4.95. The summed E-state index contributed by atoms with van der Waals surface area (Å²) in [6, 6.07) is 5.76. The lowest BCUT2D eigenvalue weighted by Crippen LogP contribution is -2.54. The summed E-state index contributed by atoms with van der Waals surface area (Å²) in [6.45, 7) is 17.2. The minimum atomic E-state index is -4.75. The summed E-state index contributed by atoms with van der Waals surface area (Å²) in [5.41, 5.74) is 1.44. The second kappa shape index (κ2) is 28.8. The van der Waals surface area contributed by atoms with Crippen molar-refractivity contribution in [1.29, 1.82) is 10.5 Å². The van der Waals surface area contributed by atoms with Crippen LogP contribution in [0.4, 0.5) is 11.6 Å². The number of carbonyl (C=O) groups excluding carboxylic acids is 6. The Kier molecular flexibility index (Phi) is 23.1. The molecule has 13 atom stereocenters. The zero-order chi connectivity index (χ0) is 68.0. The van der Waals surface area contributed by atoms with E-state index < -0.39 is 154 Å². The van der Waals surface area contributed by atoms with Crippen molar-refractivity contribution < 1.29 is 99.6 Å². The van der Waals surface area contributed by atoms with Crippen LogP contribution in [-0.2, 0) is 103 Å². The van der Waals surface area contributed by atoms with Crippen LogP contribution in [0.2, 0.25) is 0 Å². The second-order valence-electron chi connectivity index (χ2n) is 23.3. The van der Waals surface area contributed by atoms with Gasteiger partial charge in [0.05, 0.1) is 63.4 Å². The third-order valence-electron chi connectivity index (χ3n) is 14.6. The first kappa shape index (κ1) is 72.9. The van der Waals surface area contributed by atoms with Crippen molar-refractivity contribution in [1.82, 2.24) is 44.6 Å². The van der Waals surface area contributed by atoms with E-state index in [1.54, 1.807) is 34.6 Å². The van der Waals surface area contributed by atoms with Gasteiger partial charge in [0, 0.05) is 6.92 Å². The zero-order valence-electron chi connectivity index (χ0n) is 52.9. The van der Waals surface area contributed by atoms with Gasteiger partial charge in [-0.3, -0.25) is 33.1 Å². The number of hydrogen-bond acceptors (Lipinski definition) is 27. The van der Waals surface area contributed by atoms with Crippen LogP contribution in [0.3, 0.4) is 0 Å². The number of aliphatic hydroxyl groups is 2. The topological polar surface area (TPSA) is 468 Å². The summed E-state index contributed by atoms with van der Waals surface area (Å²) in [6.07, 6.45) is -4.98. The van der Waals surface area contributed by atoms with Crippen LogP contribution < -0.4 is 36.4 Å². The van der Waals surface area contributed by atoms with E-state index in [1.165, 1.54) is 99.6 Å². The number of aromatic nitrogens is 6. The molecule has 91 heavy (non-hydrogen) atoms. The monoisotopic (exact) mass is 1320 g/mol. The van der Waals surface area contributed by atoms with Crippen LogP contribution in [0, 0.1) is 28.6 Å². The van der Waals surface area contributed by atoms with Gasteiger partial charge in [-0.05, 0) is 106 Å². The molecule has 500 valence electrons. The van der Waals surface area contributed by atoms with Crippen molar-refractivity contribution in [3.63, 3.8) is 0 Å². The predicted molar refractivity (Wildman–Crippen MR) is 315 cm³/mol. The van der Waals surface area contributed by atoms with Crippen LogP contribution in [0.1, 0.15) is 108 Å². The van der Waals surface area contributed by atoms with Gasteiger partial charge >= 0.3 is 45.2 Å². The number of anilines is 2. The number of aldehydes is 1. The lowest BCUT2D eigenvalue weighted by molar-refractivity contribution is -0.687. The van der Waals surface area contributed by atoms with Gasteiger partial charge in [0.25, 0.3) is 6.33 Å². The van der Waals surface area contributed by atoms with E-state index in [9.17, 15) is 54.1 Å². The molecular weight excluding hydrogens is 1240 g/mol. The van der Waals surface area contributed by atoms with Gasteiger partial charge < -0.3 is 73.4 Å². The van der Waals surface area contributed by atoms with Crippen LogP contribution in [0.5, 0.6) is 0 Å². The molecule has 2 saturated heterocycles. The first-order valence-corrected chi connectivity index (χ1v) is 32.2. The third-order valence-corrected chi connectivity index (χ3v) is 18.7. The van der Waals surface area contributed by atoms with Gasteiger partial charge in [0.1, 0.15) is 83.0 Å². The van der Waals surface area contributed by atoms with E-state index in [-0.39, 0.29) is 53.8 Å². The molecule has 6 rings (SSSR count). The highest BCUT2D eigenvalue weighted by Crippen LogP contribution is 2.52. The van der Waals surface area contributed by atoms with Gasteiger partial charge in [0.2, 0.25) is 17.0 Å². The molecule has 0 aromatic carbocycles. The molecular formula is C55H81N14O20P2+. The molecule has 0 amide bonds. The summed E-state index contributed by atoms with van der Waals surface area (Å²) in [7, 11) is -9.30. The maximum absolute atomic E-state index is 15.1. The molecule has 0 bridgehead atoms. The fourth-order valence-electron chi connectivity index (χ4n) is 10.1. The number of rotatable bonds is 31. The Morgan fingerprint density at radius 2 is 1.25 bits per heavy atom. The number of nitrogens with two attached hydrogens (primary N) is 2. The molecule has 0 aliphatic carbocycles. The maximum atomic E-state index is 15.1. The Morgan fingerprint density at radius 1 is 0.769 bits per heavy atom. The number of nitriles is 2. The summed E-state index contributed by atoms with van der Waals surface area (Å²) in [4.78, 5) is 81.7. The Labute approximate surface area is 524 Å². The van der Waals surface area contributed by atoms with Crippen LogP contribution in [0.25, 0.3) is 11.0 Å². The molecule has 0 spiro atoms. The van der Waals surface area contributed by atoms with Crippen LogP contribution in [-0.4, -0.2) is 175 Å². The molecule has 34 nitrogen and oxygen atoms in total. The van der Waals surface area contributed by atoms with Gasteiger partial charge in [-0.25, -0.2) is 34.4 Å². The molecule has 4 aromatic rings. The number of nitrogen functional groups attached to an aromatic ring is 2. The first-order chi connectivity index (χ1) is 42.4. The molecule has 4 aromatic heterocycles. The number of esters is 5. The Bertz CT molecular complexity index is 3500. The van der Waals surface area contributed by atoms with Crippen molar-refractivity contribution in [2.75, 3.05) is 44.5 Å². The van der Waals surface area contributed by atoms with E-state index in [1.807, 2.05) is 12.1 Å². The fourth-order valence-corrected chi connectivity index (χ4v) is 13.9. The molecule has 36 heteroatoms. The predicted octanol–water partition coefficient (Wildman–Crippen LogP) is 0.980. The van der Waals surface area contributed by atoms with E-state index in [0.29, 0.717) is 6.29 Å². The average molecular weight is 1320 g/mol. The summed E-state index contributed by atoms with van der Waals surface area (Å²) in [5, 5.41) is 65.6. The molecule has 2 aliphatic heterocycles. The molecule has 6 heterocycles. The highest BCUT2D eigenvalue weighted by Gasteiger charge is 2.69. The van der Waals surface area contributed by atoms with Gasteiger partial charge in [-0.15, -0.1) is 0 Å². The Balaban J connectivity index is 1.23. The standard InChI is InChI=1S/C55H80N14O20P2/c1-15-81-48(73)33(8)65-91(79,83-23-40-44(87-47(72)30(2)3)53(14,77)54(24-56,89-40)41-18-16-37-45(58)60-28-61-68(37)41)66-51(12,26-70)27-80-21-20-67-29-62-69-38(46(67)59)17-19-42(69)55(25-57)52(13,76)43(86-36(11)71)39(88-55)22-82-90(78,63-34(9)49(74)84-31(4)5)64-35(10)50(75)85-32(6)7/h16-19,26,28-35,39-40,43-44,59,76-77H,15,20-23,27H2,1-14H3,(H6,58,60,61,63,64,65,66,78,79)/p+1. The SMILES string of the molecule is CCOC(=O)C(C)NP(=O)(NC(C)(C=O)COCC[n+]1cnn2c(C3(C#N)OC(COP(=O)(NC(C)C(=O)OC(C)C)NC(C)C(=O)OC(C)C)C(OC(C)=O)C3(C)O)ccc2c1N)OCC1OC(C#N)(c2ccc3c(N)ncnn23)C(C)(O)C1OC(=O)C(C)C. The Hall–Kier alpha value is -7.14. The molecule has 10 N–H and O–H groups in total. The lowest BCUT2D eigenvalue weighted by Gasteiger charge is -2.34. The van der Waals surface area contributed by atoms with E-state index in [2.05, 4.69) is 35.5 Å². The normalized spacial score (nSPS) is 26.2. The number of nitrogens with one attached hydrogen (secondary N) is 4. The number of fused-ring (bicyclic) bond motifs is 2. The van der Waals surface area contributed by atoms with Crippen molar-refractivity contribution in [3.05, 3.63) is 48.3 Å². The van der Waals surface area contributed by atoms with Crippen LogP contribution >= 0.6 is 15.3 Å². The molecule has 0 saturated carbocycles.